The minimum Gasteiger partial charge on any atom is -0.563 e. The molecule has 0 spiro atoms. The molecule has 1 saturated carbocycles. The average Bonchev–Trinajstić information content (AvgIpc) is 2.95. The molecule has 1 aliphatic heterocycles. The van der Waals surface area contributed by atoms with Crippen molar-refractivity contribution in [3.05, 3.63) is 29.6 Å². The lowest BCUT2D eigenvalue weighted by Gasteiger charge is -2.30. The molecule has 0 unspecified atom stereocenters. The molecule has 11 heteroatoms. The van der Waals surface area contributed by atoms with Crippen molar-refractivity contribution in [1.29, 1.82) is 0 Å². The maximum absolute atomic E-state index is 14.0. The summed E-state index contributed by atoms with van der Waals surface area (Å²) in [6.45, 7) is 3.79. The molecule has 1 aliphatic carbocycles. The number of piperidine rings is 1. The summed E-state index contributed by atoms with van der Waals surface area (Å²) in [7, 11) is 0. The van der Waals surface area contributed by atoms with Crippen molar-refractivity contribution < 1.29 is 41.0 Å². The Morgan fingerprint density at radius 1 is 1.23 bits per heavy atom. The lowest BCUT2D eigenvalue weighted by atomic mass is 9.99. The fourth-order valence-corrected chi connectivity index (χ4v) is 4.43. The highest BCUT2D eigenvalue weighted by Gasteiger charge is 2.71. The number of hydrogen-bond donors (Lipinski definition) is 1. The number of hydrogen-bond acceptors (Lipinski definition) is 3. The second-order valence-electron chi connectivity index (χ2n) is 8.35. The lowest BCUT2D eigenvalue weighted by molar-refractivity contribution is -0.152. The van der Waals surface area contributed by atoms with Crippen LogP contribution in [0.2, 0.25) is 0 Å². The van der Waals surface area contributed by atoms with E-state index in [0.717, 1.165) is 4.90 Å². The third kappa shape index (κ3) is 4.06. The van der Waals surface area contributed by atoms with Gasteiger partial charge in [0.2, 0.25) is 5.91 Å². The van der Waals surface area contributed by atoms with Gasteiger partial charge in [0, 0.05) is 35.8 Å². The molecule has 0 radical (unpaired) electrons. The summed E-state index contributed by atoms with van der Waals surface area (Å²) in [6, 6.07) is -2.18. The summed E-state index contributed by atoms with van der Waals surface area (Å²) in [5.74, 6) is -6.44. The highest BCUT2D eigenvalue weighted by Crippen LogP contribution is 2.64. The normalized spacial score (nSPS) is 25.6. The zero-order valence-corrected chi connectivity index (χ0v) is 16.1. The number of nitrogens with one attached hydrogen (secondary N) is 1. The Morgan fingerprint density at radius 3 is 2.30 bits per heavy atom. The summed E-state index contributed by atoms with van der Waals surface area (Å²) in [4.78, 5) is 25.8. The largest absolute Gasteiger partial charge is 0.563 e. The van der Waals surface area contributed by atoms with Crippen molar-refractivity contribution in [2.45, 2.75) is 44.9 Å². The van der Waals surface area contributed by atoms with Crippen LogP contribution in [0.5, 0.6) is 0 Å². The lowest BCUT2D eigenvalue weighted by Crippen LogP contribution is -2.51. The minimum atomic E-state index is -4.64. The van der Waals surface area contributed by atoms with Crippen LogP contribution < -0.4 is 5.32 Å². The number of likely N-dealkylation sites (tertiary alicyclic amines) is 1. The van der Waals surface area contributed by atoms with E-state index in [9.17, 15) is 35.9 Å². The number of halogens is 6. The van der Waals surface area contributed by atoms with Crippen LogP contribution in [0.25, 0.3) is 0 Å². The second kappa shape index (κ2) is 7.35. The van der Waals surface area contributed by atoms with Gasteiger partial charge < -0.3 is 15.3 Å². The molecule has 0 bridgehead atoms. The topological polar surface area (TPSA) is 72.3 Å². The van der Waals surface area contributed by atoms with Gasteiger partial charge in [0.25, 0.3) is 0 Å². The van der Waals surface area contributed by atoms with Crippen LogP contribution in [-0.2, 0) is 9.59 Å². The molecule has 1 heterocycles. The molecule has 1 saturated heterocycles. The van der Waals surface area contributed by atoms with Gasteiger partial charge in [-0.05, 0) is 17.8 Å². The van der Waals surface area contributed by atoms with Crippen LogP contribution in [0.15, 0.2) is 12.1 Å². The van der Waals surface area contributed by atoms with Crippen LogP contribution in [0.3, 0.4) is 0 Å². The third-order valence-corrected chi connectivity index (χ3v) is 6.10. The fraction of sp³-hybridized carbons (Fsp3) is 0.579. The predicted octanol–water partition coefficient (Wildman–Crippen LogP) is 2.96. The van der Waals surface area contributed by atoms with Gasteiger partial charge in [-0.1, -0.05) is 13.8 Å². The fourth-order valence-electron chi connectivity index (χ4n) is 4.43. The number of carbonyl (C=O) groups excluding carboxylic acids is 2. The first-order chi connectivity index (χ1) is 13.7. The molecule has 1 aromatic carbocycles. The zero-order valence-electron chi connectivity index (χ0n) is 16.1. The standard InChI is InChI=1S/C19H20F6N2O3/c1-18(2)9-7-27(15(13(9)18)17(29)30)16(28)12(3-4-19(23,24)25)26-14-10(21)5-8(20)6-11(14)22/h5-6,9,12-13,15,26H,3-4,7H2,1-2H3,(H,29,30)/p+1/t9-,12+,13-,15-/m0/s1. The Bertz CT molecular complexity index is 849. The van der Waals surface area contributed by atoms with E-state index < -0.39 is 66.1 Å². The van der Waals surface area contributed by atoms with Gasteiger partial charge in [0.05, 0.1) is 0 Å². The Kier molecular flexibility index (Phi) is 5.44. The first-order valence-corrected chi connectivity index (χ1v) is 9.27. The molecular formula is C19H21F6N2O3+. The zero-order chi connectivity index (χ0) is 22.6. The molecule has 0 aromatic heterocycles. The number of anilines is 1. The number of nitrogens with zero attached hydrogens (tertiary/aromatic N) is 1. The molecular weight excluding hydrogens is 418 g/mol. The molecule has 30 heavy (non-hydrogen) atoms. The molecule has 4 atom stereocenters. The van der Waals surface area contributed by atoms with Crippen molar-refractivity contribution >= 4 is 17.6 Å². The van der Waals surface area contributed by atoms with Crippen LogP contribution in [0.4, 0.5) is 32.0 Å². The molecule has 2 fully saturated rings. The maximum atomic E-state index is 14.0. The first-order valence-electron chi connectivity index (χ1n) is 9.27. The Morgan fingerprint density at radius 2 is 1.80 bits per heavy atom. The third-order valence-electron chi connectivity index (χ3n) is 6.10. The van der Waals surface area contributed by atoms with E-state index in [1.54, 1.807) is 0 Å². The van der Waals surface area contributed by atoms with Crippen LogP contribution in [0, 0.1) is 34.7 Å². The summed E-state index contributed by atoms with van der Waals surface area (Å²) in [6.07, 6.45) is -6.92. The Hall–Kier alpha value is -2.46. The summed E-state index contributed by atoms with van der Waals surface area (Å²) < 4.78 is 79.3. The number of fused-ring (bicyclic) bond motifs is 1. The highest BCUT2D eigenvalue weighted by molar-refractivity contribution is 5.90. The summed E-state index contributed by atoms with van der Waals surface area (Å²) in [5, 5.41) is 9.61. The number of amides is 1. The second-order valence-corrected chi connectivity index (χ2v) is 8.35. The van der Waals surface area contributed by atoms with Crippen LogP contribution in [0.1, 0.15) is 26.7 Å². The van der Waals surface area contributed by atoms with E-state index in [2.05, 4.69) is 5.32 Å². The smallest absolute Gasteiger partial charge is 0.539 e. The molecule has 3 N–H and O–H groups in total. The Balaban J connectivity index is 1.87. The average molecular weight is 439 g/mol. The maximum Gasteiger partial charge on any atom is 0.539 e. The van der Waals surface area contributed by atoms with E-state index in [1.807, 2.05) is 13.8 Å². The van der Waals surface area contributed by atoms with Crippen molar-refractivity contribution in [3.8, 4) is 0 Å². The van der Waals surface area contributed by atoms with E-state index in [4.69, 9.17) is 5.11 Å². The number of benzene rings is 1. The van der Waals surface area contributed by atoms with E-state index >= 15 is 0 Å². The van der Waals surface area contributed by atoms with Crippen molar-refractivity contribution in [2.75, 3.05) is 11.9 Å². The van der Waals surface area contributed by atoms with E-state index in [-0.39, 0.29) is 23.8 Å². The molecule has 1 amide bonds. The quantitative estimate of drug-likeness (QED) is 0.547. The minimum absolute atomic E-state index is 0.0599. The van der Waals surface area contributed by atoms with Crippen LogP contribution >= 0.6 is 0 Å². The van der Waals surface area contributed by atoms with E-state index in [1.165, 1.54) is 0 Å². The van der Waals surface area contributed by atoms with Crippen LogP contribution in [-0.4, -0.2) is 46.7 Å². The van der Waals surface area contributed by atoms with Gasteiger partial charge in [-0.25, -0.2) is 13.2 Å². The van der Waals surface area contributed by atoms with Crippen molar-refractivity contribution in [2.24, 2.45) is 17.3 Å². The van der Waals surface area contributed by atoms with Gasteiger partial charge in [-0.2, -0.15) is 13.2 Å². The Labute approximate surface area is 168 Å². The van der Waals surface area contributed by atoms with Crippen molar-refractivity contribution in [1.82, 2.24) is 4.90 Å². The number of alkyl halides is 3. The number of rotatable bonds is 6. The molecule has 1 aromatic rings. The number of carbonyl (C=O) groups is 2. The van der Waals surface area contributed by atoms with Gasteiger partial charge in [0.1, 0.15) is 17.5 Å². The SMILES string of the molecule is CC1(C)[C@@H]2[C@@H](C(=O)[OH2+])N(C(=O)[C@@H](CCC(F)(F)F)Nc3c(F)cc(F)cc3F)C[C@@H]21. The van der Waals surface area contributed by atoms with Gasteiger partial charge in [-0.15, -0.1) is 0 Å². The molecule has 2 aliphatic rings. The molecule has 5 nitrogen and oxygen atoms in total. The monoisotopic (exact) mass is 439 g/mol. The molecule has 166 valence electrons. The predicted molar refractivity (Wildman–Crippen MR) is 93.9 cm³/mol. The van der Waals surface area contributed by atoms with Gasteiger partial charge in [0.15, 0.2) is 17.7 Å². The van der Waals surface area contributed by atoms with Crippen molar-refractivity contribution in [3.63, 3.8) is 0 Å². The first kappa shape index (κ1) is 22.2. The summed E-state index contributed by atoms with van der Waals surface area (Å²) in [5.41, 5.74) is -1.22. The van der Waals surface area contributed by atoms with Gasteiger partial charge in [-0.3, -0.25) is 4.79 Å². The van der Waals surface area contributed by atoms with E-state index in [0.29, 0.717) is 12.1 Å². The van der Waals surface area contributed by atoms with Gasteiger partial charge >= 0.3 is 12.1 Å². The highest BCUT2D eigenvalue weighted by atomic mass is 19.4. The molecule has 3 rings (SSSR count). The summed E-state index contributed by atoms with van der Waals surface area (Å²) >= 11 is 0.